The molecule has 7 heteroatoms. The molecule has 2 heterocycles. The predicted octanol–water partition coefficient (Wildman–Crippen LogP) is 4.35. The Kier molecular flexibility index (Phi) is 6.49. The first-order valence-corrected chi connectivity index (χ1v) is 10.7. The number of rotatable bonds is 8. The summed E-state index contributed by atoms with van der Waals surface area (Å²) < 4.78 is 16.3. The van der Waals surface area contributed by atoms with Crippen LogP contribution in [0.15, 0.2) is 76.9 Å². The number of carbonyl (C=O) groups excluding carboxylic acids is 2. The highest BCUT2D eigenvalue weighted by Gasteiger charge is 2.47. The number of furan rings is 1. The molecule has 0 bridgehead atoms. The van der Waals surface area contributed by atoms with Crippen molar-refractivity contribution in [2.24, 2.45) is 0 Å². The number of hydrogen-bond acceptors (Lipinski definition) is 6. The molecule has 4 rings (SSSR count). The molecule has 2 aromatic carbocycles. The van der Waals surface area contributed by atoms with E-state index < -0.39 is 17.7 Å². The molecule has 1 fully saturated rings. The van der Waals surface area contributed by atoms with Gasteiger partial charge in [-0.3, -0.25) is 9.59 Å². The van der Waals surface area contributed by atoms with Gasteiger partial charge >= 0.3 is 0 Å². The lowest BCUT2D eigenvalue weighted by Crippen LogP contribution is -2.31. The summed E-state index contributed by atoms with van der Waals surface area (Å²) in [4.78, 5) is 27.5. The zero-order valence-corrected chi connectivity index (χ0v) is 18.5. The Morgan fingerprint density at radius 3 is 2.52 bits per heavy atom. The van der Waals surface area contributed by atoms with E-state index in [0.29, 0.717) is 30.1 Å². The number of benzene rings is 2. The maximum Gasteiger partial charge on any atom is 0.295 e. The first-order chi connectivity index (χ1) is 16.0. The van der Waals surface area contributed by atoms with Crippen LogP contribution in [0.1, 0.15) is 29.9 Å². The van der Waals surface area contributed by atoms with Crippen molar-refractivity contribution in [3.63, 3.8) is 0 Å². The van der Waals surface area contributed by atoms with Crippen LogP contribution in [0.3, 0.4) is 0 Å². The van der Waals surface area contributed by atoms with E-state index in [1.807, 2.05) is 31.2 Å². The molecule has 1 amide bonds. The van der Waals surface area contributed by atoms with Crippen molar-refractivity contribution in [1.82, 2.24) is 4.90 Å². The lowest BCUT2D eigenvalue weighted by Gasteiger charge is -2.23. The molecule has 1 atom stereocenters. The summed E-state index contributed by atoms with van der Waals surface area (Å²) in [7, 11) is 1.60. The number of carbonyl (C=O) groups is 2. The molecule has 33 heavy (non-hydrogen) atoms. The van der Waals surface area contributed by atoms with E-state index in [1.165, 1.54) is 11.2 Å². The third-order valence-electron chi connectivity index (χ3n) is 5.57. The number of aliphatic hydroxyl groups is 1. The van der Waals surface area contributed by atoms with E-state index >= 15 is 0 Å². The number of Topliss-reactive ketones (excluding diaryl/α,β-unsaturated/α-hetero) is 1. The van der Waals surface area contributed by atoms with Gasteiger partial charge in [-0.1, -0.05) is 24.3 Å². The van der Waals surface area contributed by atoms with Gasteiger partial charge in [-0.25, -0.2) is 0 Å². The number of likely N-dealkylation sites (tertiary alicyclic amines) is 1. The molecular formula is C26H25NO6. The second kappa shape index (κ2) is 9.65. The fraction of sp³-hybridized carbons (Fsp3) is 0.231. The Bertz CT molecular complexity index is 1160. The van der Waals surface area contributed by atoms with Crippen molar-refractivity contribution in [3.05, 3.63) is 89.4 Å². The number of amides is 1. The summed E-state index contributed by atoms with van der Waals surface area (Å²) in [6, 6.07) is 16.9. The molecule has 1 aliphatic heterocycles. The lowest BCUT2D eigenvalue weighted by atomic mass is 9.99. The van der Waals surface area contributed by atoms with Crippen LogP contribution < -0.4 is 9.47 Å². The van der Waals surface area contributed by atoms with Gasteiger partial charge in [0.05, 0.1) is 25.6 Å². The topological polar surface area (TPSA) is 89.2 Å². The Morgan fingerprint density at radius 1 is 1.06 bits per heavy atom. The molecule has 1 aromatic heterocycles. The molecule has 1 N–H and O–H groups in total. The van der Waals surface area contributed by atoms with Crippen molar-refractivity contribution in [2.45, 2.75) is 19.4 Å². The van der Waals surface area contributed by atoms with Crippen LogP contribution in [0.5, 0.6) is 11.5 Å². The first-order valence-electron chi connectivity index (χ1n) is 10.7. The summed E-state index contributed by atoms with van der Waals surface area (Å²) >= 11 is 0. The van der Waals surface area contributed by atoms with Crippen LogP contribution in [0, 0.1) is 0 Å². The monoisotopic (exact) mass is 447 g/mol. The zero-order chi connectivity index (χ0) is 23.4. The molecule has 0 aliphatic carbocycles. The fourth-order valence-corrected chi connectivity index (χ4v) is 3.95. The highest BCUT2D eigenvalue weighted by Crippen LogP contribution is 2.40. The second-order valence-electron chi connectivity index (χ2n) is 7.57. The van der Waals surface area contributed by atoms with Gasteiger partial charge in [0.2, 0.25) is 0 Å². The van der Waals surface area contributed by atoms with Crippen molar-refractivity contribution in [3.8, 4) is 11.5 Å². The number of ketones is 1. The molecule has 0 spiro atoms. The number of hydrogen-bond donors (Lipinski definition) is 1. The van der Waals surface area contributed by atoms with Gasteiger partial charge in [0.15, 0.2) is 0 Å². The minimum Gasteiger partial charge on any atom is -0.507 e. The van der Waals surface area contributed by atoms with Crippen molar-refractivity contribution >= 4 is 17.4 Å². The number of aliphatic hydroxyl groups excluding tert-OH is 1. The minimum absolute atomic E-state index is 0.00155. The van der Waals surface area contributed by atoms with Gasteiger partial charge in [0.25, 0.3) is 11.7 Å². The summed E-state index contributed by atoms with van der Waals surface area (Å²) in [5, 5.41) is 11.1. The van der Waals surface area contributed by atoms with Gasteiger partial charge in [-0.15, -0.1) is 0 Å². The van der Waals surface area contributed by atoms with E-state index in [2.05, 4.69) is 0 Å². The largest absolute Gasteiger partial charge is 0.507 e. The highest BCUT2D eigenvalue weighted by molar-refractivity contribution is 6.46. The molecule has 1 saturated heterocycles. The van der Waals surface area contributed by atoms with E-state index in [0.717, 1.165) is 11.3 Å². The molecule has 170 valence electrons. The third kappa shape index (κ3) is 4.48. The zero-order valence-electron chi connectivity index (χ0n) is 18.5. The molecule has 7 nitrogen and oxygen atoms in total. The average Bonchev–Trinajstić information content (AvgIpc) is 3.45. The van der Waals surface area contributed by atoms with Crippen LogP contribution in [0.4, 0.5) is 0 Å². The van der Waals surface area contributed by atoms with Crippen molar-refractivity contribution in [2.75, 3.05) is 20.3 Å². The summed E-state index contributed by atoms with van der Waals surface area (Å²) in [6.45, 7) is 2.60. The van der Waals surface area contributed by atoms with E-state index in [4.69, 9.17) is 13.9 Å². The first kappa shape index (κ1) is 22.2. The van der Waals surface area contributed by atoms with Crippen LogP contribution in [0.25, 0.3) is 5.76 Å². The SMILES string of the molecule is CCOc1cccc(/C(O)=C2/C(=O)C(=O)N(CCc3ccc(OC)cc3)C2c2ccco2)c1. The molecule has 1 unspecified atom stereocenters. The number of nitrogens with zero attached hydrogens (tertiary/aromatic N) is 1. The van der Waals surface area contributed by atoms with E-state index in [9.17, 15) is 14.7 Å². The number of ether oxygens (including phenoxy) is 2. The molecule has 0 saturated carbocycles. The molecule has 1 aliphatic rings. The maximum absolute atomic E-state index is 13.0. The Labute approximate surface area is 191 Å². The standard InChI is InChI=1S/C26H25NO6/c1-3-32-20-7-4-6-18(16-20)24(28)22-23(21-8-5-15-33-21)27(26(30)25(22)29)14-13-17-9-11-19(31-2)12-10-17/h4-12,15-16,23,28H,3,13-14H2,1-2H3/b24-22-. The Hall–Kier alpha value is -4.00. The Morgan fingerprint density at radius 2 is 1.85 bits per heavy atom. The summed E-state index contributed by atoms with van der Waals surface area (Å²) in [5.41, 5.74) is 1.38. The van der Waals surface area contributed by atoms with Gasteiger partial charge in [-0.2, -0.15) is 0 Å². The van der Waals surface area contributed by atoms with Gasteiger partial charge < -0.3 is 23.9 Å². The Balaban J connectivity index is 1.69. The number of methoxy groups -OCH3 is 1. The van der Waals surface area contributed by atoms with Crippen molar-refractivity contribution < 1.29 is 28.6 Å². The predicted molar refractivity (Wildman–Crippen MR) is 122 cm³/mol. The normalized spacial score (nSPS) is 17.4. The minimum atomic E-state index is -0.825. The molecule has 3 aromatic rings. The van der Waals surface area contributed by atoms with Crippen LogP contribution in [-0.4, -0.2) is 42.0 Å². The van der Waals surface area contributed by atoms with Gasteiger partial charge in [0, 0.05) is 12.1 Å². The quantitative estimate of drug-likeness (QED) is 0.314. The maximum atomic E-state index is 13.0. The molecular weight excluding hydrogens is 422 g/mol. The summed E-state index contributed by atoms with van der Waals surface area (Å²) in [5.74, 6) is 0.0291. The van der Waals surface area contributed by atoms with E-state index in [1.54, 1.807) is 43.5 Å². The molecule has 0 radical (unpaired) electrons. The van der Waals surface area contributed by atoms with Crippen LogP contribution in [0.2, 0.25) is 0 Å². The van der Waals surface area contributed by atoms with Gasteiger partial charge in [-0.05, 0) is 55.3 Å². The second-order valence-corrected chi connectivity index (χ2v) is 7.57. The van der Waals surface area contributed by atoms with Crippen molar-refractivity contribution in [1.29, 1.82) is 0 Å². The smallest absolute Gasteiger partial charge is 0.295 e. The highest BCUT2D eigenvalue weighted by atomic mass is 16.5. The van der Waals surface area contributed by atoms with E-state index in [-0.39, 0.29) is 17.9 Å². The fourth-order valence-electron chi connectivity index (χ4n) is 3.95. The summed E-state index contributed by atoms with van der Waals surface area (Å²) in [6.07, 6.45) is 2.00. The van der Waals surface area contributed by atoms with Crippen LogP contribution >= 0.6 is 0 Å². The lowest BCUT2D eigenvalue weighted by molar-refractivity contribution is -0.140. The average molecular weight is 447 g/mol. The van der Waals surface area contributed by atoms with Crippen LogP contribution in [-0.2, 0) is 16.0 Å². The third-order valence-corrected chi connectivity index (χ3v) is 5.57. The van der Waals surface area contributed by atoms with Gasteiger partial charge in [0.1, 0.15) is 29.1 Å².